The van der Waals surface area contributed by atoms with Gasteiger partial charge in [0.2, 0.25) is 5.82 Å². The summed E-state index contributed by atoms with van der Waals surface area (Å²) >= 11 is 3.31. The first-order valence-corrected chi connectivity index (χ1v) is 5.10. The topological polar surface area (TPSA) is 30.2 Å². The van der Waals surface area contributed by atoms with Gasteiger partial charge in [-0.1, -0.05) is 0 Å². The molecule has 0 unspecified atom stereocenters. The Balaban J connectivity index is 2.76. The maximum atomic E-state index is 12.4. The summed E-state index contributed by atoms with van der Waals surface area (Å²) in [5, 5.41) is 3.72. The molecule has 0 radical (unpaired) electrons. The van der Waals surface area contributed by atoms with Gasteiger partial charge < -0.3 is 0 Å². The monoisotopic (exact) mass is 275 g/mol. The minimum Gasteiger partial charge on any atom is -0.206 e. The summed E-state index contributed by atoms with van der Waals surface area (Å²) in [4.78, 5) is 3.75. The van der Waals surface area contributed by atoms with Crippen LogP contribution < -0.4 is 0 Å². The lowest BCUT2D eigenvalue weighted by molar-refractivity contribution is 0.140. The van der Waals surface area contributed by atoms with E-state index in [4.69, 9.17) is 0 Å². The van der Waals surface area contributed by atoms with E-state index < -0.39 is 12.2 Å². The molecule has 0 aromatic carbocycles. The van der Waals surface area contributed by atoms with Crippen LogP contribution in [-0.4, -0.2) is 14.6 Å². The fraction of sp³-hybridized carbons (Fsp3) is 0.333. The molecule has 2 aromatic heterocycles. The molecule has 2 rings (SSSR count). The molecule has 0 saturated heterocycles. The van der Waals surface area contributed by atoms with E-state index in [-0.39, 0.29) is 0 Å². The molecule has 80 valence electrons. The fourth-order valence-electron chi connectivity index (χ4n) is 1.29. The second-order valence-electron chi connectivity index (χ2n) is 3.28. The summed E-state index contributed by atoms with van der Waals surface area (Å²) in [6.45, 7) is 3.79. The van der Waals surface area contributed by atoms with Crippen LogP contribution in [0.3, 0.4) is 0 Å². The number of hydrogen-bond donors (Lipinski definition) is 0. The van der Waals surface area contributed by atoms with Crippen LogP contribution in [0.4, 0.5) is 8.78 Å². The number of pyridine rings is 1. The van der Waals surface area contributed by atoms with Gasteiger partial charge in [-0.05, 0) is 47.0 Å². The Hall–Kier alpha value is -1.04. The molecule has 2 heterocycles. The van der Waals surface area contributed by atoms with Crippen molar-refractivity contribution in [3.63, 3.8) is 0 Å². The van der Waals surface area contributed by atoms with E-state index in [9.17, 15) is 8.78 Å². The van der Waals surface area contributed by atoms with Crippen LogP contribution in [0.1, 0.15) is 23.4 Å². The first-order chi connectivity index (χ1) is 7.00. The highest BCUT2D eigenvalue weighted by molar-refractivity contribution is 9.10. The van der Waals surface area contributed by atoms with E-state index in [1.54, 1.807) is 6.07 Å². The average Bonchev–Trinajstić information content (AvgIpc) is 2.58. The normalized spacial score (nSPS) is 11.6. The number of rotatable bonds is 1. The van der Waals surface area contributed by atoms with E-state index >= 15 is 0 Å². The molecule has 2 aromatic rings. The van der Waals surface area contributed by atoms with Crippen LogP contribution in [0, 0.1) is 13.8 Å². The lowest BCUT2D eigenvalue weighted by Gasteiger charge is -2.03. The summed E-state index contributed by atoms with van der Waals surface area (Å²) < 4.78 is 26.8. The molecular formula is C9H8BrF2N3. The Morgan fingerprint density at radius 2 is 2.07 bits per heavy atom. The lowest BCUT2D eigenvalue weighted by atomic mass is 10.2. The molecule has 0 spiro atoms. The highest BCUT2D eigenvalue weighted by Crippen LogP contribution is 2.23. The Kier molecular flexibility index (Phi) is 2.46. The van der Waals surface area contributed by atoms with Gasteiger partial charge in [0, 0.05) is 0 Å². The maximum absolute atomic E-state index is 12.4. The molecule has 0 amide bonds. The molecule has 6 heteroatoms. The number of aromatic nitrogens is 3. The minimum absolute atomic E-state index is 0.431. The van der Waals surface area contributed by atoms with E-state index in [1.807, 2.05) is 13.8 Å². The highest BCUT2D eigenvalue weighted by Gasteiger charge is 2.16. The SMILES string of the molecule is Cc1cc2nc(C(F)F)nn2c(Br)c1C. The molecule has 0 fully saturated rings. The van der Waals surface area contributed by atoms with Crippen molar-refractivity contribution in [2.24, 2.45) is 0 Å². The van der Waals surface area contributed by atoms with Crippen molar-refractivity contribution in [1.29, 1.82) is 0 Å². The zero-order valence-corrected chi connectivity index (χ0v) is 9.72. The lowest BCUT2D eigenvalue weighted by Crippen LogP contribution is -1.96. The summed E-state index contributed by atoms with van der Waals surface area (Å²) in [6.07, 6.45) is -2.64. The standard InChI is InChI=1S/C9H8BrF2N3/c1-4-3-6-13-9(8(11)12)14-15(6)7(10)5(4)2/h3,8H,1-2H3. The second-order valence-corrected chi connectivity index (χ2v) is 4.04. The maximum Gasteiger partial charge on any atom is 0.299 e. The molecule has 0 bridgehead atoms. The summed E-state index contributed by atoms with van der Waals surface area (Å²) in [5.41, 5.74) is 2.39. The van der Waals surface area contributed by atoms with Crippen LogP contribution in [0.2, 0.25) is 0 Å². The van der Waals surface area contributed by atoms with Crippen molar-refractivity contribution in [3.8, 4) is 0 Å². The molecule has 0 aliphatic rings. The molecule has 15 heavy (non-hydrogen) atoms. The zero-order chi connectivity index (χ0) is 11.2. The number of nitrogens with zero attached hydrogens (tertiary/aromatic N) is 3. The van der Waals surface area contributed by atoms with Crippen molar-refractivity contribution in [3.05, 3.63) is 27.6 Å². The second kappa shape index (κ2) is 3.52. The summed E-state index contributed by atoms with van der Waals surface area (Å²) in [7, 11) is 0. The number of halogens is 3. The first kappa shape index (κ1) is 10.5. The van der Waals surface area contributed by atoms with Crippen LogP contribution in [-0.2, 0) is 0 Å². The Labute approximate surface area is 93.3 Å². The van der Waals surface area contributed by atoms with Crippen molar-refractivity contribution < 1.29 is 8.78 Å². The molecular weight excluding hydrogens is 268 g/mol. The van der Waals surface area contributed by atoms with Crippen LogP contribution in [0.15, 0.2) is 10.7 Å². The zero-order valence-electron chi connectivity index (χ0n) is 8.13. The number of fused-ring (bicyclic) bond motifs is 1. The van der Waals surface area contributed by atoms with E-state index in [0.717, 1.165) is 11.1 Å². The predicted octanol–water partition coefficient (Wildman–Crippen LogP) is 3.05. The third kappa shape index (κ3) is 1.62. The smallest absolute Gasteiger partial charge is 0.206 e. The van der Waals surface area contributed by atoms with Crippen LogP contribution in [0.5, 0.6) is 0 Å². The van der Waals surface area contributed by atoms with E-state index in [0.29, 0.717) is 10.3 Å². The summed E-state index contributed by atoms with van der Waals surface area (Å²) in [5.74, 6) is -0.444. The highest BCUT2D eigenvalue weighted by atomic mass is 79.9. The number of aryl methyl sites for hydroxylation is 1. The van der Waals surface area contributed by atoms with E-state index in [2.05, 4.69) is 26.0 Å². The van der Waals surface area contributed by atoms with Crippen LogP contribution >= 0.6 is 15.9 Å². The van der Waals surface area contributed by atoms with Crippen molar-refractivity contribution in [1.82, 2.24) is 14.6 Å². The molecule has 0 atom stereocenters. The predicted molar refractivity (Wildman–Crippen MR) is 55.1 cm³/mol. The van der Waals surface area contributed by atoms with Gasteiger partial charge in [-0.15, -0.1) is 5.10 Å². The fourth-order valence-corrected chi connectivity index (χ4v) is 1.87. The quantitative estimate of drug-likeness (QED) is 0.749. The first-order valence-electron chi connectivity index (χ1n) is 4.31. The van der Waals surface area contributed by atoms with Crippen molar-refractivity contribution in [2.45, 2.75) is 20.3 Å². The number of alkyl halides is 2. The molecule has 3 nitrogen and oxygen atoms in total. The number of hydrogen-bond acceptors (Lipinski definition) is 2. The van der Waals surface area contributed by atoms with Gasteiger partial charge in [0.05, 0.1) is 0 Å². The Morgan fingerprint density at radius 3 is 2.67 bits per heavy atom. The molecule has 0 aliphatic heterocycles. The summed E-state index contributed by atoms with van der Waals surface area (Å²) in [6, 6.07) is 1.74. The molecule has 0 N–H and O–H groups in total. The van der Waals surface area contributed by atoms with Gasteiger partial charge in [0.25, 0.3) is 6.43 Å². The van der Waals surface area contributed by atoms with Gasteiger partial charge in [-0.3, -0.25) is 0 Å². The van der Waals surface area contributed by atoms with E-state index in [1.165, 1.54) is 4.52 Å². The Bertz CT molecular complexity index is 522. The van der Waals surface area contributed by atoms with Crippen LogP contribution in [0.25, 0.3) is 5.65 Å². The van der Waals surface area contributed by atoms with Crippen molar-refractivity contribution >= 4 is 21.6 Å². The van der Waals surface area contributed by atoms with Gasteiger partial charge in [0.15, 0.2) is 5.65 Å². The largest absolute Gasteiger partial charge is 0.299 e. The minimum atomic E-state index is -2.64. The third-order valence-electron chi connectivity index (χ3n) is 2.28. The van der Waals surface area contributed by atoms with Gasteiger partial charge in [-0.25, -0.2) is 18.3 Å². The van der Waals surface area contributed by atoms with Gasteiger partial charge in [-0.2, -0.15) is 0 Å². The van der Waals surface area contributed by atoms with Gasteiger partial charge >= 0.3 is 0 Å². The Morgan fingerprint density at radius 1 is 1.40 bits per heavy atom. The van der Waals surface area contributed by atoms with Crippen molar-refractivity contribution in [2.75, 3.05) is 0 Å². The molecule has 0 saturated carbocycles. The average molecular weight is 276 g/mol. The third-order valence-corrected chi connectivity index (χ3v) is 3.21. The van der Waals surface area contributed by atoms with Gasteiger partial charge in [0.1, 0.15) is 4.60 Å². The molecule has 0 aliphatic carbocycles.